The zero-order valence-corrected chi connectivity index (χ0v) is 7.82. The molecule has 0 unspecified atom stereocenters. The van der Waals surface area contributed by atoms with Crippen molar-refractivity contribution in [3.8, 4) is 12.1 Å². The molecule has 0 fully saturated rings. The fourth-order valence-corrected chi connectivity index (χ4v) is 1.05. The van der Waals surface area contributed by atoms with Crippen LogP contribution in [0.2, 0.25) is 0 Å². The summed E-state index contributed by atoms with van der Waals surface area (Å²) in [7, 11) is 0. The fraction of sp³-hybridized carbons (Fsp3) is 0. The van der Waals surface area contributed by atoms with Crippen molar-refractivity contribution >= 4 is 5.69 Å². The second-order valence-corrected chi connectivity index (χ2v) is 2.55. The minimum Gasteiger partial charge on any atom is -0.223 e. The normalized spacial score (nSPS) is 8.69. The molecule has 80 valence electrons. The highest BCUT2D eigenvalue weighted by Gasteiger charge is 2.14. The van der Waals surface area contributed by atoms with Crippen LogP contribution in [0.4, 0.5) is 5.69 Å². The molecule has 0 saturated heterocycles. The molecule has 0 aliphatic carbocycles. The third-order valence-electron chi connectivity index (χ3n) is 1.67. The maximum atomic E-state index is 10.1. The predicted octanol–water partition coefficient (Wildman–Crippen LogP) is 0.233. The van der Waals surface area contributed by atoms with Crippen LogP contribution in [0.3, 0.4) is 0 Å². The number of hydrogen-bond donors (Lipinski definition) is 1. The Morgan fingerprint density at radius 3 is 2.62 bits per heavy atom. The third kappa shape index (κ3) is 2.15. The zero-order valence-electron chi connectivity index (χ0n) is 7.82. The van der Waals surface area contributed by atoms with Crippen molar-refractivity contribution in [2.75, 3.05) is 5.17 Å². The molecule has 0 aromatic heterocycles. The monoisotopic (exact) mass is 219 g/mol. The van der Waals surface area contributed by atoms with E-state index >= 15 is 0 Å². The smallest absolute Gasteiger partial charge is 0.223 e. The molecule has 0 heterocycles. The van der Waals surface area contributed by atoms with Crippen molar-refractivity contribution in [3.05, 3.63) is 39.4 Å². The largest absolute Gasteiger partial charge is 0.318 e. The molecule has 8 nitrogen and oxygen atoms in total. The van der Waals surface area contributed by atoms with E-state index in [4.69, 9.17) is 16.4 Å². The molecule has 16 heavy (non-hydrogen) atoms. The van der Waals surface area contributed by atoms with Gasteiger partial charge >= 0.3 is 5.09 Å². The molecule has 0 saturated carbocycles. The average Bonchev–Trinajstić information content (AvgIpc) is 2.26. The first-order valence-electron chi connectivity index (χ1n) is 3.90. The minimum atomic E-state index is -1.12. The van der Waals surface area contributed by atoms with E-state index in [2.05, 4.69) is 4.94 Å². The van der Waals surface area contributed by atoms with Gasteiger partial charge < -0.3 is 0 Å². The third-order valence-corrected chi connectivity index (χ3v) is 1.67. The summed E-state index contributed by atoms with van der Waals surface area (Å²) >= 11 is 0. The Morgan fingerprint density at radius 2 is 2.12 bits per heavy atom. The summed E-state index contributed by atoms with van der Waals surface area (Å²) < 4.78 is 0. The van der Waals surface area contributed by atoms with E-state index in [1.54, 1.807) is 12.1 Å². The summed E-state index contributed by atoms with van der Waals surface area (Å²) in [5.41, 5.74) is -0.0880. The van der Waals surface area contributed by atoms with Crippen molar-refractivity contribution in [2.45, 2.75) is 0 Å². The first kappa shape index (κ1) is 11.2. The number of nitrogens with zero attached hydrogens (tertiary/aromatic N) is 4. The van der Waals surface area contributed by atoms with Crippen LogP contribution in [-0.2, 0) is 4.94 Å². The molecule has 8 heteroatoms. The number of benzene rings is 1. The molecular weight excluding hydrogens is 214 g/mol. The van der Waals surface area contributed by atoms with Crippen LogP contribution in [0.15, 0.2) is 18.2 Å². The SMILES string of the molecule is N#Cc1cccc(N(N)O[N+](=O)[O-])c1C#N. The number of anilines is 1. The fourth-order valence-electron chi connectivity index (χ4n) is 1.05. The number of nitriles is 2. The Labute approximate surface area is 89.7 Å². The number of hydrogen-bond acceptors (Lipinski definition) is 7. The van der Waals surface area contributed by atoms with Gasteiger partial charge in [0.15, 0.2) is 0 Å². The topological polar surface area (TPSA) is 129 Å². The predicted molar refractivity (Wildman–Crippen MR) is 50.6 cm³/mol. The standard InChI is InChI=1S/C8H5N5O3/c9-4-6-2-1-3-8(7(6)5-10)12(11)16-13(14)15/h1-3H,11H2. The lowest BCUT2D eigenvalue weighted by molar-refractivity contribution is -0.762. The van der Waals surface area contributed by atoms with E-state index < -0.39 is 5.09 Å². The van der Waals surface area contributed by atoms with Crippen molar-refractivity contribution in [3.63, 3.8) is 0 Å². The Balaban J connectivity index is 3.20. The second-order valence-electron chi connectivity index (χ2n) is 2.55. The summed E-state index contributed by atoms with van der Waals surface area (Å²) in [5, 5.41) is 26.8. The molecule has 0 spiro atoms. The van der Waals surface area contributed by atoms with Crippen LogP contribution in [0.5, 0.6) is 0 Å². The van der Waals surface area contributed by atoms with Gasteiger partial charge in [-0.05, 0) is 12.1 Å². The van der Waals surface area contributed by atoms with Gasteiger partial charge in [0.1, 0.15) is 17.8 Å². The van der Waals surface area contributed by atoms with Gasteiger partial charge in [0.2, 0.25) is 0 Å². The van der Waals surface area contributed by atoms with E-state index in [1.807, 2.05) is 0 Å². The van der Waals surface area contributed by atoms with Gasteiger partial charge in [-0.2, -0.15) is 15.5 Å². The Morgan fingerprint density at radius 1 is 1.44 bits per heavy atom. The average molecular weight is 219 g/mol. The highest BCUT2D eigenvalue weighted by Crippen LogP contribution is 2.21. The maximum Gasteiger partial charge on any atom is 0.318 e. The van der Waals surface area contributed by atoms with Crippen LogP contribution in [-0.4, -0.2) is 5.09 Å². The van der Waals surface area contributed by atoms with Gasteiger partial charge in [-0.3, -0.25) is 0 Å². The first-order chi connectivity index (χ1) is 7.60. The lowest BCUT2D eigenvalue weighted by Crippen LogP contribution is -2.34. The van der Waals surface area contributed by atoms with E-state index in [-0.39, 0.29) is 16.8 Å². The summed E-state index contributed by atoms with van der Waals surface area (Å²) in [6.45, 7) is 0. The second kappa shape index (κ2) is 4.59. The van der Waals surface area contributed by atoms with Gasteiger partial charge in [-0.1, -0.05) is 6.07 Å². The molecule has 2 N–H and O–H groups in total. The Hall–Kier alpha value is -2.84. The summed E-state index contributed by atoms with van der Waals surface area (Å²) in [6, 6.07) is 7.63. The van der Waals surface area contributed by atoms with Crippen molar-refractivity contribution in [2.24, 2.45) is 5.84 Å². The Kier molecular flexibility index (Phi) is 3.22. The van der Waals surface area contributed by atoms with Gasteiger partial charge in [0, 0.05) is 0 Å². The zero-order chi connectivity index (χ0) is 12.1. The molecule has 0 bridgehead atoms. The molecule has 1 aromatic carbocycles. The molecule has 0 aliphatic rings. The minimum absolute atomic E-state index is 0.0572. The molecule has 1 rings (SSSR count). The molecule has 0 aliphatic heterocycles. The summed E-state index contributed by atoms with van der Waals surface area (Å²) in [6.07, 6.45) is 0. The van der Waals surface area contributed by atoms with Crippen LogP contribution in [0.25, 0.3) is 0 Å². The van der Waals surface area contributed by atoms with Crippen molar-refractivity contribution in [1.82, 2.24) is 0 Å². The molecular formula is C8H5N5O3. The maximum absolute atomic E-state index is 10.1. The number of hydrazine groups is 1. The van der Waals surface area contributed by atoms with Crippen LogP contribution in [0.1, 0.15) is 11.1 Å². The van der Waals surface area contributed by atoms with Gasteiger partial charge in [-0.15, -0.1) is 15.3 Å². The van der Waals surface area contributed by atoms with Crippen molar-refractivity contribution < 1.29 is 10.0 Å². The first-order valence-corrected chi connectivity index (χ1v) is 3.90. The van der Waals surface area contributed by atoms with Crippen LogP contribution in [0, 0.1) is 32.8 Å². The summed E-state index contributed by atoms with van der Waals surface area (Å²) in [4.78, 5) is 14.0. The Bertz CT molecular complexity index is 501. The van der Waals surface area contributed by atoms with E-state index in [0.29, 0.717) is 5.17 Å². The number of rotatable bonds is 3. The molecule has 1 aromatic rings. The lowest BCUT2D eigenvalue weighted by Gasteiger charge is -2.15. The molecule has 0 atom stereocenters. The van der Waals surface area contributed by atoms with Gasteiger partial charge in [-0.25, -0.2) is 5.84 Å². The highest BCUT2D eigenvalue weighted by molar-refractivity contribution is 5.63. The summed E-state index contributed by atoms with van der Waals surface area (Å²) in [5.74, 6) is 5.20. The van der Waals surface area contributed by atoms with E-state index in [9.17, 15) is 10.1 Å². The van der Waals surface area contributed by atoms with Gasteiger partial charge in [0.05, 0.1) is 11.1 Å². The van der Waals surface area contributed by atoms with Crippen molar-refractivity contribution in [1.29, 1.82) is 10.5 Å². The van der Waals surface area contributed by atoms with Gasteiger partial charge in [0.25, 0.3) is 0 Å². The highest BCUT2D eigenvalue weighted by atomic mass is 17.0. The molecule has 0 amide bonds. The molecule has 0 radical (unpaired) electrons. The number of nitrogens with two attached hydrogens (primary N) is 1. The van der Waals surface area contributed by atoms with Crippen LogP contribution >= 0.6 is 0 Å². The quantitative estimate of drug-likeness (QED) is 0.437. The van der Waals surface area contributed by atoms with Crippen LogP contribution < -0.4 is 11.0 Å². The van der Waals surface area contributed by atoms with E-state index in [0.717, 1.165) is 0 Å². The van der Waals surface area contributed by atoms with E-state index in [1.165, 1.54) is 18.2 Å². The lowest BCUT2D eigenvalue weighted by atomic mass is 10.1.